The first-order valence-electron chi connectivity index (χ1n) is 3.41. The lowest BCUT2D eigenvalue weighted by atomic mass is 10.7. The molecule has 0 aliphatic rings. The van der Waals surface area contributed by atoms with Crippen LogP contribution in [-0.4, -0.2) is 17.5 Å². The molecule has 5 nitrogen and oxygen atoms in total. The van der Waals surface area contributed by atoms with Crippen molar-refractivity contribution < 1.29 is 9.63 Å². The van der Waals surface area contributed by atoms with E-state index in [1.165, 1.54) is 11.3 Å². The molecule has 1 aromatic rings. The molecular formula is C6H8ClN3O2S. The predicted molar refractivity (Wildman–Crippen MR) is 49.1 cm³/mol. The number of carbonyl (C=O) groups is 1. The van der Waals surface area contributed by atoms with Crippen LogP contribution in [0, 0.1) is 0 Å². The van der Waals surface area contributed by atoms with E-state index in [1.54, 1.807) is 6.20 Å². The summed E-state index contributed by atoms with van der Waals surface area (Å²) in [5.74, 6) is -0.523. The number of primary amides is 1. The number of hydrogen-bond donors (Lipinski definition) is 2. The standard InChI is InChI=1S/C6H8ClN3O2S/c7-4-1-9-6(13-4)2-10-12-3-5(8)11/h1,10H,2-3H2,(H2,8,11). The highest BCUT2D eigenvalue weighted by Crippen LogP contribution is 2.17. The largest absolute Gasteiger partial charge is 0.368 e. The summed E-state index contributed by atoms with van der Waals surface area (Å²) in [5, 5.41) is 0.787. The van der Waals surface area contributed by atoms with Crippen molar-refractivity contribution in [3.63, 3.8) is 0 Å². The van der Waals surface area contributed by atoms with Crippen molar-refractivity contribution in [1.82, 2.24) is 10.5 Å². The minimum Gasteiger partial charge on any atom is -0.368 e. The summed E-state index contributed by atoms with van der Waals surface area (Å²) in [6, 6.07) is 0. The van der Waals surface area contributed by atoms with Crippen molar-refractivity contribution in [2.75, 3.05) is 6.61 Å². The molecule has 0 saturated carbocycles. The molecule has 3 N–H and O–H groups in total. The Morgan fingerprint density at radius 2 is 2.62 bits per heavy atom. The van der Waals surface area contributed by atoms with Crippen LogP contribution in [0.5, 0.6) is 0 Å². The molecule has 0 unspecified atom stereocenters. The van der Waals surface area contributed by atoms with Gasteiger partial charge in [-0.05, 0) is 0 Å². The summed E-state index contributed by atoms with van der Waals surface area (Å²) in [7, 11) is 0. The molecular weight excluding hydrogens is 214 g/mol. The molecule has 0 aromatic carbocycles. The number of hydrogen-bond acceptors (Lipinski definition) is 5. The number of halogens is 1. The SMILES string of the molecule is NC(=O)CONCc1ncc(Cl)s1. The van der Waals surface area contributed by atoms with E-state index < -0.39 is 5.91 Å². The van der Waals surface area contributed by atoms with E-state index in [0.717, 1.165) is 5.01 Å². The first kappa shape index (κ1) is 10.4. The molecule has 0 fully saturated rings. The monoisotopic (exact) mass is 221 g/mol. The van der Waals surface area contributed by atoms with Gasteiger partial charge in [0.1, 0.15) is 16.0 Å². The summed E-state index contributed by atoms with van der Waals surface area (Å²) in [6.07, 6.45) is 1.55. The third-order valence-corrected chi connectivity index (χ3v) is 2.18. The normalized spacial score (nSPS) is 10.2. The van der Waals surface area contributed by atoms with Crippen LogP contribution < -0.4 is 11.2 Å². The Balaban J connectivity index is 2.16. The van der Waals surface area contributed by atoms with Crippen LogP contribution in [0.25, 0.3) is 0 Å². The maximum absolute atomic E-state index is 10.2. The lowest BCUT2D eigenvalue weighted by Crippen LogP contribution is -2.24. The molecule has 0 saturated heterocycles. The fourth-order valence-electron chi connectivity index (χ4n) is 0.605. The fraction of sp³-hybridized carbons (Fsp3) is 0.333. The summed E-state index contributed by atoms with van der Waals surface area (Å²) >= 11 is 6.98. The van der Waals surface area contributed by atoms with Gasteiger partial charge in [-0.25, -0.2) is 4.98 Å². The van der Waals surface area contributed by atoms with E-state index in [2.05, 4.69) is 10.5 Å². The molecule has 1 amide bonds. The number of nitrogens with one attached hydrogen (secondary N) is 1. The molecule has 1 heterocycles. The summed E-state index contributed by atoms with van der Waals surface area (Å²) in [6.45, 7) is 0.254. The van der Waals surface area contributed by atoms with Gasteiger partial charge in [0, 0.05) is 0 Å². The highest BCUT2D eigenvalue weighted by Gasteiger charge is 1.99. The van der Waals surface area contributed by atoms with Gasteiger partial charge >= 0.3 is 0 Å². The number of thiazole rings is 1. The van der Waals surface area contributed by atoms with Gasteiger partial charge in [0.2, 0.25) is 5.91 Å². The topological polar surface area (TPSA) is 77.2 Å². The third kappa shape index (κ3) is 4.18. The van der Waals surface area contributed by atoms with Crippen LogP contribution in [0.15, 0.2) is 6.20 Å². The van der Waals surface area contributed by atoms with Crippen LogP contribution in [0.2, 0.25) is 4.34 Å². The lowest BCUT2D eigenvalue weighted by molar-refractivity contribution is -0.125. The van der Waals surface area contributed by atoms with Crippen molar-refractivity contribution in [3.8, 4) is 0 Å². The summed E-state index contributed by atoms with van der Waals surface area (Å²) in [4.78, 5) is 18.9. The van der Waals surface area contributed by atoms with Gasteiger partial charge in [-0.2, -0.15) is 5.48 Å². The Hall–Kier alpha value is -0.690. The average molecular weight is 222 g/mol. The molecule has 7 heteroatoms. The Kier molecular flexibility index (Phi) is 4.10. The van der Waals surface area contributed by atoms with Gasteiger partial charge in [0.25, 0.3) is 0 Å². The average Bonchev–Trinajstić information content (AvgIpc) is 2.45. The summed E-state index contributed by atoms with van der Waals surface area (Å²) < 4.78 is 0.617. The molecule has 0 aliphatic heterocycles. The Bertz CT molecular complexity index is 291. The number of hydroxylamine groups is 1. The zero-order chi connectivity index (χ0) is 9.68. The first-order valence-corrected chi connectivity index (χ1v) is 4.61. The number of carbonyl (C=O) groups excluding carboxylic acids is 1. The van der Waals surface area contributed by atoms with E-state index in [9.17, 15) is 4.79 Å². The molecule has 72 valence electrons. The zero-order valence-electron chi connectivity index (χ0n) is 6.62. The quantitative estimate of drug-likeness (QED) is 0.554. The van der Waals surface area contributed by atoms with E-state index in [4.69, 9.17) is 22.2 Å². The van der Waals surface area contributed by atoms with E-state index >= 15 is 0 Å². The highest BCUT2D eigenvalue weighted by atomic mass is 35.5. The van der Waals surface area contributed by atoms with Crippen LogP contribution in [0.3, 0.4) is 0 Å². The van der Waals surface area contributed by atoms with Crippen molar-refractivity contribution >= 4 is 28.8 Å². The maximum Gasteiger partial charge on any atom is 0.245 e. The second-order valence-corrected chi connectivity index (χ2v) is 3.88. The second-order valence-electron chi connectivity index (χ2n) is 2.13. The van der Waals surface area contributed by atoms with Crippen molar-refractivity contribution in [2.24, 2.45) is 5.73 Å². The highest BCUT2D eigenvalue weighted by molar-refractivity contribution is 7.15. The molecule has 1 aromatic heterocycles. The number of nitrogens with zero attached hydrogens (tertiary/aromatic N) is 1. The van der Waals surface area contributed by atoms with Gasteiger partial charge in [-0.15, -0.1) is 11.3 Å². The van der Waals surface area contributed by atoms with Crippen LogP contribution in [0.4, 0.5) is 0 Å². The molecule has 0 radical (unpaired) electrons. The van der Waals surface area contributed by atoms with Crippen LogP contribution >= 0.6 is 22.9 Å². The smallest absolute Gasteiger partial charge is 0.245 e. The Morgan fingerprint density at radius 3 is 3.15 bits per heavy atom. The minimum absolute atomic E-state index is 0.154. The Morgan fingerprint density at radius 1 is 1.85 bits per heavy atom. The predicted octanol–water partition coefficient (Wildman–Crippen LogP) is 0.303. The molecule has 0 spiro atoms. The number of nitrogens with two attached hydrogens (primary N) is 1. The first-order chi connectivity index (χ1) is 6.18. The lowest BCUT2D eigenvalue weighted by Gasteiger charge is -1.99. The van der Waals surface area contributed by atoms with Crippen LogP contribution in [-0.2, 0) is 16.2 Å². The van der Waals surface area contributed by atoms with Gasteiger partial charge in [-0.3, -0.25) is 9.63 Å². The third-order valence-electron chi connectivity index (χ3n) is 1.07. The molecule has 13 heavy (non-hydrogen) atoms. The van der Waals surface area contributed by atoms with Gasteiger partial charge in [-0.1, -0.05) is 11.6 Å². The van der Waals surface area contributed by atoms with Crippen molar-refractivity contribution in [1.29, 1.82) is 0 Å². The zero-order valence-corrected chi connectivity index (χ0v) is 8.19. The summed E-state index contributed by atoms with van der Waals surface area (Å²) in [5.41, 5.74) is 7.37. The maximum atomic E-state index is 10.2. The molecule has 0 atom stereocenters. The number of aromatic nitrogens is 1. The van der Waals surface area contributed by atoms with E-state index in [0.29, 0.717) is 10.9 Å². The molecule has 1 rings (SSSR count). The van der Waals surface area contributed by atoms with Crippen molar-refractivity contribution in [2.45, 2.75) is 6.54 Å². The fourth-order valence-corrected chi connectivity index (χ4v) is 1.49. The van der Waals surface area contributed by atoms with E-state index in [1.807, 2.05) is 0 Å². The second kappa shape index (κ2) is 5.13. The van der Waals surface area contributed by atoms with Gasteiger partial charge in [0.15, 0.2) is 0 Å². The van der Waals surface area contributed by atoms with Gasteiger partial charge < -0.3 is 5.73 Å². The molecule has 0 aliphatic carbocycles. The van der Waals surface area contributed by atoms with Crippen LogP contribution in [0.1, 0.15) is 5.01 Å². The van der Waals surface area contributed by atoms with Crippen molar-refractivity contribution in [3.05, 3.63) is 15.5 Å². The molecule has 0 bridgehead atoms. The Labute approximate surface area is 83.8 Å². The van der Waals surface area contributed by atoms with Gasteiger partial charge in [0.05, 0.1) is 12.7 Å². The number of amides is 1. The number of rotatable bonds is 5. The van der Waals surface area contributed by atoms with E-state index in [-0.39, 0.29) is 6.61 Å². The minimum atomic E-state index is -0.523.